The van der Waals surface area contributed by atoms with Gasteiger partial charge in [0, 0.05) is 11.8 Å². The largest absolute Gasteiger partial charge is 0.478 e. The molecule has 1 aliphatic heterocycles. The van der Waals surface area contributed by atoms with Gasteiger partial charge < -0.3 is 5.11 Å². The third kappa shape index (κ3) is 1.60. The van der Waals surface area contributed by atoms with Crippen LogP contribution in [0, 0.1) is 22.7 Å². The van der Waals surface area contributed by atoms with Crippen molar-refractivity contribution >= 4 is 29.3 Å². The van der Waals surface area contributed by atoms with E-state index in [0.29, 0.717) is 18.5 Å². The molecule has 124 valence electrons. The number of Topliss-reactive ketones (excluding diaryl/α,β-unsaturated/α-hetero) is 1. The number of hydrogen-bond acceptors (Lipinski definition) is 4. The molecule has 0 aromatic heterocycles. The van der Waals surface area contributed by atoms with Crippen LogP contribution in [0.1, 0.15) is 37.0 Å². The molecule has 4 atom stereocenters. The van der Waals surface area contributed by atoms with E-state index in [1.54, 1.807) is 6.92 Å². The van der Waals surface area contributed by atoms with Crippen molar-refractivity contribution in [2.24, 2.45) is 22.7 Å². The fourth-order valence-electron chi connectivity index (χ4n) is 5.09. The van der Waals surface area contributed by atoms with E-state index in [0.717, 1.165) is 4.90 Å². The summed E-state index contributed by atoms with van der Waals surface area (Å²) in [5.41, 5.74) is -0.767. The summed E-state index contributed by atoms with van der Waals surface area (Å²) >= 11 is 0. The second kappa shape index (κ2) is 4.32. The van der Waals surface area contributed by atoms with E-state index in [1.165, 1.54) is 24.3 Å². The Kier molecular flexibility index (Phi) is 2.71. The van der Waals surface area contributed by atoms with Crippen molar-refractivity contribution in [3.8, 4) is 0 Å². The minimum absolute atomic E-state index is 0.0653. The molecule has 1 heterocycles. The maximum atomic E-state index is 12.9. The van der Waals surface area contributed by atoms with Gasteiger partial charge in [-0.05, 0) is 36.1 Å². The van der Waals surface area contributed by atoms with Gasteiger partial charge in [0.05, 0.1) is 23.1 Å². The number of nitrogens with zero attached hydrogens (tertiary/aromatic N) is 1. The Morgan fingerprint density at radius 2 is 1.67 bits per heavy atom. The topological polar surface area (TPSA) is 91.8 Å². The van der Waals surface area contributed by atoms with Crippen LogP contribution in [-0.4, -0.2) is 28.7 Å². The summed E-state index contributed by atoms with van der Waals surface area (Å²) in [6, 6.07) is 5.68. The number of fused-ring (bicyclic) bond motifs is 5. The number of hydrogen-bond donors (Lipinski definition) is 1. The fourth-order valence-corrected chi connectivity index (χ4v) is 5.09. The number of carbonyl (C=O) groups excluding carboxylic acids is 3. The van der Waals surface area contributed by atoms with E-state index in [1.807, 2.05) is 6.92 Å². The van der Waals surface area contributed by atoms with Gasteiger partial charge >= 0.3 is 5.97 Å². The minimum Gasteiger partial charge on any atom is -0.478 e. The first kappa shape index (κ1) is 15.1. The molecule has 2 amide bonds. The molecule has 6 heteroatoms. The lowest BCUT2D eigenvalue weighted by Crippen LogP contribution is -2.40. The average Bonchev–Trinajstić information content (AvgIpc) is 3.01. The van der Waals surface area contributed by atoms with Crippen molar-refractivity contribution in [1.82, 2.24) is 0 Å². The van der Waals surface area contributed by atoms with Crippen LogP contribution in [0.5, 0.6) is 0 Å². The maximum Gasteiger partial charge on any atom is 0.335 e. The Balaban J connectivity index is 1.76. The van der Waals surface area contributed by atoms with Crippen molar-refractivity contribution in [3.63, 3.8) is 0 Å². The molecule has 0 spiro atoms. The summed E-state index contributed by atoms with van der Waals surface area (Å²) in [7, 11) is 0. The lowest BCUT2D eigenvalue weighted by atomic mass is 9.68. The number of carboxylic acid groups (broad SMARTS) is 1. The molecule has 4 rings (SSSR count). The summed E-state index contributed by atoms with van der Waals surface area (Å²) in [6.07, 6.45) is 0.924. The van der Waals surface area contributed by atoms with E-state index < -0.39 is 28.6 Å². The Bertz CT molecular complexity index is 813. The van der Waals surface area contributed by atoms with Crippen LogP contribution >= 0.6 is 0 Å². The van der Waals surface area contributed by atoms with E-state index >= 15 is 0 Å². The van der Waals surface area contributed by atoms with Gasteiger partial charge in [0.1, 0.15) is 5.78 Å². The molecule has 2 bridgehead atoms. The number of aromatic carboxylic acids is 1. The molecular formula is C18H17NO5. The highest BCUT2D eigenvalue weighted by Gasteiger charge is 2.74. The molecule has 0 unspecified atom stereocenters. The molecule has 1 aromatic carbocycles. The molecule has 1 saturated heterocycles. The summed E-state index contributed by atoms with van der Waals surface area (Å²) in [5.74, 6) is -2.68. The van der Waals surface area contributed by atoms with Crippen molar-refractivity contribution in [2.45, 2.75) is 26.7 Å². The predicted octanol–water partition coefficient (Wildman–Crippen LogP) is 1.88. The first-order chi connectivity index (χ1) is 11.2. The Morgan fingerprint density at radius 1 is 1.08 bits per heavy atom. The summed E-state index contributed by atoms with van der Waals surface area (Å²) in [5, 5.41) is 8.97. The highest BCUT2D eigenvalue weighted by atomic mass is 16.4. The zero-order valence-corrected chi connectivity index (χ0v) is 13.4. The first-order valence-electron chi connectivity index (χ1n) is 7.93. The zero-order chi connectivity index (χ0) is 17.4. The molecule has 24 heavy (non-hydrogen) atoms. The zero-order valence-electron chi connectivity index (χ0n) is 13.4. The Labute approximate surface area is 138 Å². The lowest BCUT2D eigenvalue weighted by Gasteiger charge is -2.30. The van der Waals surface area contributed by atoms with Crippen LogP contribution in [-0.2, 0) is 14.4 Å². The van der Waals surface area contributed by atoms with E-state index in [9.17, 15) is 19.2 Å². The fraction of sp³-hybridized carbons (Fsp3) is 0.444. The van der Waals surface area contributed by atoms with Crippen molar-refractivity contribution in [2.75, 3.05) is 4.90 Å². The summed E-state index contributed by atoms with van der Waals surface area (Å²) in [4.78, 5) is 50.3. The normalized spacial score (nSPS) is 37.2. The molecule has 6 nitrogen and oxygen atoms in total. The van der Waals surface area contributed by atoms with Crippen LogP contribution in [0.3, 0.4) is 0 Å². The molecular weight excluding hydrogens is 310 g/mol. The van der Waals surface area contributed by atoms with E-state index in [2.05, 4.69) is 0 Å². The third-order valence-corrected chi connectivity index (χ3v) is 6.09. The summed E-state index contributed by atoms with van der Waals surface area (Å²) < 4.78 is 0. The van der Waals surface area contributed by atoms with Crippen LogP contribution in [0.2, 0.25) is 0 Å². The van der Waals surface area contributed by atoms with Crippen LogP contribution in [0.4, 0.5) is 5.69 Å². The number of carboxylic acids is 1. The van der Waals surface area contributed by atoms with Crippen LogP contribution < -0.4 is 4.90 Å². The van der Waals surface area contributed by atoms with Crippen molar-refractivity contribution in [1.29, 1.82) is 0 Å². The van der Waals surface area contributed by atoms with Gasteiger partial charge in [0.15, 0.2) is 0 Å². The smallest absolute Gasteiger partial charge is 0.335 e. The highest BCUT2D eigenvalue weighted by Crippen LogP contribution is 2.67. The van der Waals surface area contributed by atoms with Gasteiger partial charge in [-0.2, -0.15) is 0 Å². The number of anilines is 1. The molecule has 1 N–H and O–H groups in total. The van der Waals surface area contributed by atoms with Crippen molar-refractivity contribution in [3.05, 3.63) is 29.8 Å². The minimum atomic E-state index is -1.07. The first-order valence-corrected chi connectivity index (χ1v) is 7.93. The van der Waals surface area contributed by atoms with Crippen LogP contribution in [0.25, 0.3) is 0 Å². The average molecular weight is 327 g/mol. The number of ketones is 1. The van der Waals surface area contributed by atoms with Gasteiger partial charge in [-0.25, -0.2) is 4.79 Å². The maximum absolute atomic E-state index is 12.9. The van der Waals surface area contributed by atoms with Gasteiger partial charge in [0.25, 0.3) is 0 Å². The van der Waals surface area contributed by atoms with Gasteiger partial charge in [0.2, 0.25) is 11.8 Å². The molecule has 2 aliphatic carbocycles. The standard InChI is InChI=1S/C18H17NO5/c1-17-7-11(20)18(2,8-17)13-12(17)14(21)19(15(13)22)10-5-3-9(4-6-10)16(23)24/h3-6,12-13H,7-8H2,1-2H3,(H,23,24)/t12-,13+,17+,18+/m0/s1. The number of rotatable bonds is 2. The third-order valence-electron chi connectivity index (χ3n) is 6.09. The number of amides is 2. The second-order valence-electron chi connectivity index (χ2n) is 7.67. The summed E-state index contributed by atoms with van der Waals surface area (Å²) in [6.45, 7) is 3.72. The van der Waals surface area contributed by atoms with E-state index in [-0.39, 0.29) is 23.2 Å². The number of imide groups is 1. The van der Waals surface area contributed by atoms with E-state index in [4.69, 9.17) is 5.11 Å². The lowest BCUT2D eigenvalue weighted by molar-refractivity contribution is -0.138. The van der Waals surface area contributed by atoms with Gasteiger partial charge in [-0.15, -0.1) is 0 Å². The Morgan fingerprint density at radius 3 is 2.25 bits per heavy atom. The molecule has 3 fully saturated rings. The molecule has 3 aliphatic rings. The molecule has 2 saturated carbocycles. The quantitative estimate of drug-likeness (QED) is 0.837. The number of benzene rings is 1. The SMILES string of the molecule is C[C@@]12CC(=O)[C@@](C)(C1)[C@H]1C(=O)N(c3ccc(C(=O)O)cc3)C(=O)[C@H]12. The predicted molar refractivity (Wildman–Crippen MR) is 83.3 cm³/mol. The molecule has 0 radical (unpaired) electrons. The Hall–Kier alpha value is -2.50. The second-order valence-corrected chi connectivity index (χ2v) is 7.67. The number of carbonyl (C=O) groups is 4. The van der Waals surface area contributed by atoms with Crippen LogP contribution in [0.15, 0.2) is 24.3 Å². The molecule has 1 aromatic rings. The van der Waals surface area contributed by atoms with Gasteiger partial charge in [-0.1, -0.05) is 13.8 Å². The van der Waals surface area contributed by atoms with Gasteiger partial charge in [-0.3, -0.25) is 19.3 Å². The van der Waals surface area contributed by atoms with Crippen molar-refractivity contribution < 1.29 is 24.3 Å². The monoisotopic (exact) mass is 327 g/mol. The highest BCUT2D eigenvalue weighted by molar-refractivity contribution is 6.24.